The number of nitrogen functional groups attached to an aromatic ring is 2. The molecule has 0 saturated carbocycles. The first-order valence-corrected chi connectivity index (χ1v) is 16.1. The van der Waals surface area contributed by atoms with Crippen LogP contribution in [0.15, 0.2) is 170 Å². The first-order chi connectivity index (χ1) is 23.1. The summed E-state index contributed by atoms with van der Waals surface area (Å²) in [5, 5.41) is 4.96. The minimum Gasteiger partial charge on any atom is -0.399 e. The molecule has 8 aromatic rings. The van der Waals surface area contributed by atoms with Crippen molar-refractivity contribution in [2.45, 2.75) is 5.41 Å². The lowest BCUT2D eigenvalue weighted by Crippen LogP contribution is -2.28. The highest BCUT2D eigenvalue weighted by Crippen LogP contribution is 2.58. The first-order valence-electron chi connectivity index (χ1n) is 16.1. The highest BCUT2D eigenvalue weighted by Gasteiger charge is 2.46. The van der Waals surface area contributed by atoms with Crippen LogP contribution in [0.25, 0.3) is 54.9 Å². The molecule has 9 rings (SSSR count). The fourth-order valence-corrected chi connectivity index (χ4v) is 7.87. The maximum Gasteiger partial charge on any atom is 0.0714 e. The first kappa shape index (κ1) is 27.2. The van der Waals surface area contributed by atoms with Gasteiger partial charge in [-0.25, -0.2) is 0 Å². The fourth-order valence-electron chi connectivity index (χ4n) is 7.87. The third-order valence-corrected chi connectivity index (χ3v) is 10.0. The van der Waals surface area contributed by atoms with Gasteiger partial charge in [0.15, 0.2) is 0 Å². The average molecular weight is 601 g/mol. The van der Waals surface area contributed by atoms with E-state index in [-0.39, 0.29) is 0 Å². The summed E-state index contributed by atoms with van der Waals surface area (Å²) in [6, 6.07) is 61.3. The molecule has 222 valence electrons. The molecule has 0 spiro atoms. The van der Waals surface area contributed by atoms with E-state index >= 15 is 0 Å². The van der Waals surface area contributed by atoms with Gasteiger partial charge in [-0.1, -0.05) is 133 Å². The maximum absolute atomic E-state index is 6.31. The Morgan fingerprint density at radius 1 is 0.340 bits per heavy atom. The maximum atomic E-state index is 6.31. The molecule has 8 aromatic carbocycles. The van der Waals surface area contributed by atoms with Crippen molar-refractivity contribution in [3.05, 3.63) is 192 Å². The van der Waals surface area contributed by atoms with E-state index in [0.29, 0.717) is 0 Å². The highest BCUT2D eigenvalue weighted by atomic mass is 14.6. The van der Waals surface area contributed by atoms with Gasteiger partial charge in [-0.15, -0.1) is 0 Å². The second-order valence-corrected chi connectivity index (χ2v) is 12.6. The van der Waals surface area contributed by atoms with Crippen molar-refractivity contribution < 1.29 is 0 Å². The van der Waals surface area contributed by atoms with Crippen molar-refractivity contribution in [1.29, 1.82) is 0 Å². The van der Waals surface area contributed by atoms with Crippen LogP contribution in [-0.4, -0.2) is 0 Å². The largest absolute Gasteiger partial charge is 0.399 e. The van der Waals surface area contributed by atoms with E-state index in [1.165, 1.54) is 77.2 Å². The highest BCUT2D eigenvalue weighted by molar-refractivity contribution is 6.00. The summed E-state index contributed by atoms with van der Waals surface area (Å²) in [6.45, 7) is 0. The van der Waals surface area contributed by atoms with Crippen molar-refractivity contribution in [2.24, 2.45) is 0 Å². The molecule has 0 radical (unpaired) electrons. The van der Waals surface area contributed by atoms with Crippen LogP contribution in [0.4, 0.5) is 11.4 Å². The van der Waals surface area contributed by atoms with Gasteiger partial charge in [0, 0.05) is 11.4 Å². The molecular formula is C45H32N2. The Labute approximate surface area is 274 Å². The minimum absolute atomic E-state index is 0.604. The Morgan fingerprint density at radius 2 is 0.745 bits per heavy atom. The van der Waals surface area contributed by atoms with Crippen LogP contribution in [0.2, 0.25) is 0 Å². The number of rotatable bonds is 4. The van der Waals surface area contributed by atoms with E-state index in [2.05, 4.69) is 146 Å². The molecule has 1 aliphatic carbocycles. The van der Waals surface area contributed by atoms with E-state index in [4.69, 9.17) is 11.5 Å². The van der Waals surface area contributed by atoms with Gasteiger partial charge in [-0.3, -0.25) is 0 Å². The van der Waals surface area contributed by atoms with Gasteiger partial charge in [-0.2, -0.15) is 0 Å². The fraction of sp³-hybridized carbons (Fsp3) is 0.0222. The molecule has 0 amide bonds. The SMILES string of the molecule is Nc1ccc(C2(c3ccc(N)cc3)c3cc(-c4cccc5ccccc45)ccc3-c3ccc(-c4cccc5ccccc45)cc32)cc1. The number of hydrogen-bond acceptors (Lipinski definition) is 2. The summed E-state index contributed by atoms with van der Waals surface area (Å²) in [4.78, 5) is 0. The standard InChI is InChI=1S/C45H32N2/c46-35-21-17-33(18-22-35)45(34-19-23-36(47)24-20-34)43-27-31(39-13-5-9-29-7-1-3-11-37(29)39)15-25-41(43)42-26-16-32(28-44(42)45)40-14-6-10-30-8-2-4-12-38(30)40/h1-28H,46-47H2. The molecule has 0 bridgehead atoms. The van der Waals surface area contributed by atoms with E-state index < -0.39 is 5.41 Å². The summed E-state index contributed by atoms with van der Waals surface area (Å²) in [7, 11) is 0. The average Bonchev–Trinajstić information content (AvgIpc) is 3.41. The van der Waals surface area contributed by atoms with Crippen LogP contribution < -0.4 is 11.5 Å². The van der Waals surface area contributed by atoms with E-state index in [9.17, 15) is 0 Å². The monoisotopic (exact) mass is 600 g/mol. The minimum atomic E-state index is -0.604. The zero-order chi connectivity index (χ0) is 31.5. The molecule has 47 heavy (non-hydrogen) atoms. The van der Waals surface area contributed by atoms with Crippen LogP contribution in [-0.2, 0) is 5.41 Å². The molecule has 2 nitrogen and oxygen atoms in total. The van der Waals surface area contributed by atoms with Crippen molar-refractivity contribution >= 4 is 32.9 Å². The molecule has 2 heteroatoms. The molecule has 0 aliphatic heterocycles. The Kier molecular flexibility index (Phi) is 6.06. The van der Waals surface area contributed by atoms with Crippen molar-refractivity contribution in [3.63, 3.8) is 0 Å². The smallest absolute Gasteiger partial charge is 0.0714 e. The molecule has 0 aromatic heterocycles. The number of nitrogens with two attached hydrogens (primary N) is 2. The van der Waals surface area contributed by atoms with Gasteiger partial charge in [0.25, 0.3) is 0 Å². The van der Waals surface area contributed by atoms with Gasteiger partial charge >= 0.3 is 0 Å². The Morgan fingerprint density at radius 3 is 1.19 bits per heavy atom. The predicted octanol–water partition coefficient (Wildman–Crippen LogP) is 10.9. The van der Waals surface area contributed by atoms with Gasteiger partial charge < -0.3 is 11.5 Å². The second kappa shape index (κ2) is 10.5. The Balaban J connectivity index is 1.38. The van der Waals surface area contributed by atoms with Gasteiger partial charge in [0.2, 0.25) is 0 Å². The van der Waals surface area contributed by atoms with Gasteiger partial charge in [0.05, 0.1) is 5.41 Å². The normalized spacial score (nSPS) is 13.0. The van der Waals surface area contributed by atoms with Crippen LogP contribution in [0.1, 0.15) is 22.3 Å². The van der Waals surface area contributed by atoms with Gasteiger partial charge in [-0.05, 0) is 114 Å². The Bertz CT molecular complexity index is 2290. The third-order valence-electron chi connectivity index (χ3n) is 10.0. The molecule has 1 aliphatic rings. The lowest BCUT2D eigenvalue weighted by molar-refractivity contribution is 0.769. The number of fused-ring (bicyclic) bond motifs is 5. The van der Waals surface area contributed by atoms with Crippen molar-refractivity contribution in [3.8, 4) is 33.4 Å². The van der Waals surface area contributed by atoms with Crippen molar-refractivity contribution in [2.75, 3.05) is 11.5 Å². The van der Waals surface area contributed by atoms with Crippen LogP contribution >= 0.6 is 0 Å². The number of hydrogen-bond donors (Lipinski definition) is 2. The van der Waals surface area contributed by atoms with Crippen LogP contribution in [0.3, 0.4) is 0 Å². The Hall–Kier alpha value is -6.12. The second-order valence-electron chi connectivity index (χ2n) is 12.6. The summed E-state index contributed by atoms with van der Waals surface area (Å²) in [5.41, 5.74) is 25.6. The molecule has 0 atom stereocenters. The molecule has 4 N–H and O–H groups in total. The molecule has 0 saturated heterocycles. The zero-order valence-corrected chi connectivity index (χ0v) is 25.8. The lowest BCUT2D eigenvalue weighted by Gasteiger charge is -2.34. The topological polar surface area (TPSA) is 52.0 Å². The van der Waals surface area contributed by atoms with Crippen LogP contribution in [0, 0.1) is 0 Å². The molecule has 0 fully saturated rings. The third kappa shape index (κ3) is 4.12. The quantitative estimate of drug-likeness (QED) is 0.197. The summed E-state index contributed by atoms with van der Waals surface area (Å²) < 4.78 is 0. The predicted molar refractivity (Wildman–Crippen MR) is 198 cm³/mol. The molecular weight excluding hydrogens is 569 g/mol. The lowest BCUT2D eigenvalue weighted by atomic mass is 9.67. The number of anilines is 2. The summed E-state index contributed by atoms with van der Waals surface area (Å²) >= 11 is 0. The summed E-state index contributed by atoms with van der Waals surface area (Å²) in [6.07, 6.45) is 0. The van der Waals surface area contributed by atoms with E-state index in [1.807, 2.05) is 24.3 Å². The molecule has 0 heterocycles. The zero-order valence-electron chi connectivity index (χ0n) is 25.8. The van der Waals surface area contributed by atoms with E-state index in [1.54, 1.807) is 0 Å². The van der Waals surface area contributed by atoms with Gasteiger partial charge in [0.1, 0.15) is 0 Å². The molecule has 0 unspecified atom stereocenters. The number of benzene rings is 8. The van der Waals surface area contributed by atoms with Crippen molar-refractivity contribution in [1.82, 2.24) is 0 Å². The van der Waals surface area contributed by atoms with Crippen LogP contribution in [0.5, 0.6) is 0 Å². The van der Waals surface area contributed by atoms with E-state index in [0.717, 1.165) is 11.4 Å². The summed E-state index contributed by atoms with van der Waals surface area (Å²) in [5.74, 6) is 0.